The number of rotatable bonds is 3. The van der Waals surface area contributed by atoms with Crippen molar-refractivity contribution in [3.05, 3.63) is 11.7 Å². The van der Waals surface area contributed by atoms with Crippen molar-refractivity contribution in [3.63, 3.8) is 0 Å². The highest BCUT2D eigenvalue weighted by Crippen LogP contribution is 2.25. The molecule has 1 saturated heterocycles. The number of nitrogens with zero attached hydrogens (tertiary/aromatic N) is 2. The summed E-state index contributed by atoms with van der Waals surface area (Å²) in [6.07, 6.45) is -1.02. The minimum absolute atomic E-state index is 0.0713. The topological polar surface area (TPSA) is 94.4 Å². The lowest BCUT2D eigenvalue weighted by Gasteiger charge is -2.18. The van der Waals surface area contributed by atoms with Gasteiger partial charge in [0, 0.05) is 18.1 Å². The molecule has 15 heavy (non-hydrogen) atoms. The third-order valence-electron chi connectivity index (χ3n) is 2.07. The summed E-state index contributed by atoms with van der Waals surface area (Å²) in [5.74, 6) is 2.46. The van der Waals surface area contributed by atoms with Crippen molar-refractivity contribution in [2.45, 2.75) is 12.2 Å². The molecule has 0 radical (unpaired) electrons. The Bertz CT molecular complexity index is 314. The molecule has 0 bridgehead atoms. The van der Waals surface area contributed by atoms with Crippen molar-refractivity contribution in [3.8, 4) is 0 Å². The average Bonchev–Trinajstić information content (AvgIpc) is 2.78. The van der Waals surface area contributed by atoms with Crippen LogP contribution in [0, 0.1) is 0 Å². The summed E-state index contributed by atoms with van der Waals surface area (Å²) >= 11 is 1.79. The molecule has 2 heterocycles. The fraction of sp³-hybridized carbons (Fsp3) is 0.750. The Morgan fingerprint density at radius 3 is 3.20 bits per heavy atom. The largest absolute Gasteiger partial charge is 0.382 e. The van der Waals surface area contributed by atoms with E-state index in [1.165, 1.54) is 0 Å². The van der Waals surface area contributed by atoms with Crippen molar-refractivity contribution in [2.24, 2.45) is 5.73 Å². The molecule has 7 heteroatoms. The van der Waals surface area contributed by atoms with Gasteiger partial charge in [-0.3, -0.25) is 0 Å². The molecule has 0 aromatic carbocycles. The van der Waals surface area contributed by atoms with E-state index in [9.17, 15) is 5.11 Å². The molecular formula is C8H13N3O3S. The van der Waals surface area contributed by atoms with Gasteiger partial charge in [0.2, 0.25) is 5.82 Å². The van der Waals surface area contributed by atoms with Crippen molar-refractivity contribution >= 4 is 11.8 Å². The van der Waals surface area contributed by atoms with Gasteiger partial charge in [0.25, 0.3) is 5.89 Å². The Morgan fingerprint density at radius 2 is 2.53 bits per heavy atom. The summed E-state index contributed by atoms with van der Waals surface area (Å²) in [5, 5.41) is 13.1. The molecular weight excluding hydrogens is 218 g/mol. The van der Waals surface area contributed by atoms with Gasteiger partial charge < -0.3 is 20.1 Å². The summed E-state index contributed by atoms with van der Waals surface area (Å²) in [7, 11) is 0. The lowest BCUT2D eigenvalue weighted by atomic mass is 10.3. The quantitative estimate of drug-likeness (QED) is 0.748. The highest BCUT2D eigenvalue weighted by molar-refractivity contribution is 7.99. The lowest BCUT2D eigenvalue weighted by molar-refractivity contribution is 0.0676. The molecule has 0 amide bonds. The zero-order valence-corrected chi connectivity index (χ0v) is 8.94. The number of aliphatic hydroxyl groups excluding tert-OH is 1. The molecule has 0 spiro atoms. The lowest BCUT2D eigenvalue weighted by Crippen LogP contribution is -2.17. The Balaban J connectivity index is 2.05. The summed E-state index contributed by atoms with van der Waals surface area (Å²) in [6, 6.07) is 0. The Morgan fingerprint density at radius 1 is 1.67 bits per heavy atom. The SMILES string of the molecule is NCC(O)c1nc(C2CSCCO2)no1. The van der Waals surface area contributed by atoms with Gasteiger partial charge in [0.05, 0.1) is 6.61 Å². The van der Waals surface area contributed by atoms with Crippen LogP contribution in [-0.2, 0) is 4.74 Å². The first kappa shape index (κ1) is 10.9. The van der Waals surface area contributed by atoms with E-state index in [2.05, 4.69) is 10.1 Å². The smallest absolute Gasteiger partial charge is 0.256 e. The number of nitrogens with two attached hydrogens (primary N) is 1. The number of hydrogen-bond donors (Lipinski definition) is 2. The number of hydrogen-bond acceptors (Lipinski definition) is 7. The summed E-state index contributed by atoms with van der Waals surface area (Å²) in [6.45, 7) is 0.764. The van der Waals surface area contributed by atoms with E-state index in [0.29, 0.717) is 12.4 Å². The van der Waals surface area contributed by atoms with Crippen molar-refractivity contribution in [1.82, 2.24) is 10.1 Å². The molecule has 84 valence electrons. The van der Waals surface area contributed by atoms with Crippen molar-refractivity contribution < 1.29 is 14.4 Å². The molecule has 1 fully saturated rings. The molecule has 1 aromatic heterocycles. The van der Waals surface area contributed by atoms with Crippen LogP contribution in [0.25, 0.3) is 0 Å². The highest BCUT2D eigenvalue weighted by Gasteiger charge is 2.23. The normalized spacial score (nSPS) is 24.0. The van der Waals surface area contributed by atoms with Crippen LogP contribution in [0.15, 0.2) is 4.52 Å². The van der Waals surface area contributed by atoms with Crippen molar-refractivity contribution in [1.29, 1.82) is 0 Å². The molecule has 1 aromatic rings. The number of ether oxygens (including phenoxy) is 1. The predicted octanol–water partition coefficient (Wildman–Crippen LogP) is -0.134. The maximum absolute atomic E-state index is 9.37. The zero-order chi connectivity index (χ0) is 10.7. The van der Waals surface area contributed by atoms with Gasteiger partial charge in [0.15, 0.2) is 0 Å². The van der Waals surface area contributed by atoms with E-state index in [1.807, 2.05) is 0 Å². The van der Waals surface area contributed by atoms with Crippen LogP contribution in [0.3, 0.4) is 0 Å². The third-order valence-corrected chi connectivity index (χ3v) is 3.06. The second-order valence-electron chi connectivity index (χ2n) is 3.18. The molecule has 6 nitrogen and oxygen atoms in total. The first-order valence-electron chi connectivity index (χ1n) is 4.72. The first-order chi connectivity index (χ1) is 7.31. The van der Waals surface area contributed by atoms with Crippen LogP contribution >= 0.6 is 11.8 Å². The van der Waals surface area contributed by atoms with E-state index in [1.54, 1.807) is 11.8 Å². The molecule has 0 saturated carbocycles. The average molecular weight is 231 g/mol. The van der Waals surface area contributed by atoms with Crippen molar-refractivity contribution in [2.75, 3.05) is 24.7 Å². The molecule has 1 aliphatic heterocycles. The molecule has 3 N–H and O–H groups in total. The Labute approximate surface area is 91.2 Å². The second kappa shape index (κ2) is 4.93. The van der Waals surface area contributed by atoms with Crippen LogP contribution in [0.1, 0.15) is 23.9 Å². The molecule has 0 aliphatic carbocycles. The zero-order valence-electron chi connectivity index (χ0n) is 8.13. The molecule has 1 aliphatic rings. The number of thioether (sulfide) groups is 1. The molecule has 2 unspecified atom stereocenters. The van der Waals surface area contributed by atoms with Crippen LogP contribution in [0.4, 0.5) is 0 Å². The van der Waals surface area contributed by atoms with E-state index in [-0.39, 0.29) is 18.5 Å². The van der Waals surface area contributed by atoms with Gasteiger partial charge in [-0.25, -0.2) is 0 Å². The Hall–Kier alpha value is -0.630. The minimum Gasteiger partial charge on any atom is -0.382 e. The highest BCUT2D eigenvalue weighted by atomic mass is 32.2. The van der Waals surface area contributed by atoms with E-state index in [0.717, 1.165) is 11.5 Å². The monoisotopic (exact) mass is 231 g/mol. The van der Waals surface area contributed by atoms with Crippen LogP contribution in [0.2, 0.25) is 0 Å². The number of aromatic nitrogens is 2. The first-order valence-corrected chi connectivity index (χ1v) is 5.87. The summed E-state index contributed by atoms with van der Waals surface area (Å²) < 4.78 is 10.4. The van der Waals surface area contributed by atoms with Gasteiger partial charge in [-0.05, 0) is 0 Å². The van der Waals surface area contributed by atoms with E-state index < -0.39 is 6.10 Å². The number of aliphatic hydroxyl groups is 1. The third kappa shape index (κ3) is 2.49. The Kier molecular flexibility index (Phi) is 3.57. The molecule has 2 atom stereocenters. The predicted molar refractivity (Wildman–Crippen MR) is 54.3 cm³/mol. The second-order valence-corrected chi connectivity index (χ2v) is 4.33. The van der Waals surface area contributed by atoms with Gasteiger partial charge in [-0.15, -0.1) is 0 Å². The van der Waals surface area contributed by atoms with Crippen LogP contribution in [0.5, 0.6) is 0 Å². The fourth-order valence-electron chi connectivity index (χ4n) is 1.25. The maximum Gasteiger partial charge on any atom is 0.256 e. The van der Waals surface area contributed by atoms with Crippen LogP contribution < -0.4 is 5.73 Å². The van der Waals surface area contributed by atoms with Crippen LogP contribution in [-0.4, -0.2) is 39.9 Å². The van der Waals surface area contributed by atoms with Gasteiger partial charge >= 0.3 is 0 Å². The summed E-state index contributed by atoms with van der Waals surface area (Å²) in [4.78, 5) is 4.06. The molecule has 2 rings (SSSR count). The van der Waals surface area contributed by atoms with E-state index in [4.69, 9.17) is 15.0 Å². The van der Waals surface area contributed by atoms with Gasteiger partial charge in [-0.1, -0.05) is 5.16 Å². The standard InChI is InChI=1S/C8H13N3O3S/c9-3-5(12)8-10-7(11-14-8)6-4-15-2-1-13-6/h5-6,12H,1-4,9H2. The minimum atomic E-state index is -0.887. The fourth-order valence-corrected chi connectivity index (χ4v) is 2.09. The van der Waals surface area contributed by atoms with Gasteiger partial charge in [-0.2, -0.15) is 16.7 Å². The summed E-state index contributed by atoms with van der Waals surface area (Å²) in [5.41, 5.74) is 5.28. The van der Waals surface area contributed by atoms with E-state index >= 15 is 0 Å². The maximum atomic E-state index is 9.37. The van der Waals surface area contributed by atoms with Gasteiger partial charge in [0.1, 0.15) is 12.2 Å².